The largest absolute Gasteiger partial charge is 0.477 e. The molecule has 134 valence electrons. The fourth-order valence-corrected chi connectivity index (χ4v) is 3.94. The van der Waals surface area contributed by atoms with E-state index < -0.39 is 27.2 Å². The molecule has 1 saturated heterocycles. The zero-order valence-electron chi connectivity index (χ0n) is 13.0. The number of benzene rings is 1. The number of rotatable bonds is 5. The smallest absolute Gasteiger partial charge is 0.352 e. The Bertz CT molecular complexity index is 909. The molecule has 1 amide bonds. The number of thioether (sulfide) groups is 1. The third kappa shape index (κ3) is 3.04. The van der Waals surface area contributed by atoms with Gasteiger partial charge in [-0.1, -0.05) is 6.08 Å². The van der Waals surface area contributed by atoms with Gasteiger partial charge in [-0.2, -0.15) is 0 Å². The first-order valence-corrected chi connectivity index (χ1v) is 8.35. The molecule has 1 aromatic rings. The molecule has 1 N–H and O–H groups in total. The molecule has 1 fully saturated rings. The summed E-state index contributed by atoms with van der Waals surface area (Å²) >= 11 is 1.41. The van der Waals surface area contributed by atoms with Gasteiger partial charge < -0.3 is 5.11 Å². The first-order valence-electron chi connectivity index (χ1n) is 7.30. The molecule has 2 aliphatic heterocycles. The molecule has 0 aromatic heterocycles. The minimum absolute atomic E-state index is 0.0971. The zero-order chi connectivity index (χ0) is 19.0. The number of fused-ring (bicyclic) bond motifs is 1. The Balaban J connectivity index is 1.99. The van der Waals surface area contributed by atoms with Crippen molar-refractivity contribution in [3.8, 4) is 0 Å². The molecular weight excluding hydrogens is 366 g/mol. The van der Waals surface area contributed by atoms with Gasteiger partial charge in [-0.3, -0.25) is 29.9 Å². The number of amides is 1. The second kappa shape index (κ2) is 6.59. The van der Waals surface area contributed by atoms with Crippen LogP contribution >= 0.6 is 11.8 Å². The van der Waals surface area contributed by atoms with E-state index in [0.717, 1.165) is 12.1 Å². The van der Waals surface area contributed by atoms with Crippen molar-refractivity contribution >= 4 is 41.1 Å². The van der Waals surface area contributed by atoms with Crippen molar-refractivity contribution in [1.82, 2.24) is 4.90 Å². The van der Waals surface area contributed by atoms with Crippen LogP contribution in [0.1, 0.15) is 12.0 Å². The number of carbonyl (C=O) groups is 2. The molecular formula is C15H11N3O7S. The van der Waals surface area contributed by atoms with Crippen molar-refractivity contribution in [2.45, 2.75) is 11.8 Å². The molecule has 11 heteroatoms. The number of allylic oxidation sites excluding steroid dienone is 1. The van der Waals surface area contributed by atoms with Gasteiger partial charge in [0.2, 0.25) is 5.91 Å². The first kappa shape index (κ1) is 17.6. The van der Waals surface area contributed by atoms with Gasteiger partial charge in [-0.15, -0.1) is 11.8 Å². The Morgan fingerprint density at radius 1 is 1.27 bits per heavy atom. The molecule has 1 atom stereocenters. The number of carboxylic acids is 1. The molecule has 0 aliphatic carbocycles. The summed E-state index contributed by atoms with van der Waals surface area (Å²) in [7, 11) is 0. The highest BCUT2D eigenvalue weighted by atomic mass is 32.2. The van der Waals surface area contributed by atoms with Gasteiger partial charge in [0.05, 0.1) is 33.3 Å². The van der Waals surface area contributed by atoms with Crippen LogP contribution in [0.3, 0.4) is 0 Å². The van der Waals surface area contributed by atoms with E-state index in [0.29, 0.717) is 11.3 Å². The lowest BCUT2D eigenvalue weighted by Crippen LogP contribution is -2.53. The molecule has 0 unspecified atom stereocenters. The minimum atomic E-state index is -1.25. The molecule has 10 nitrogen and oxygen atoms in total. The average Bonchev–Trinajstić information content (AvgIpc) is 2.58. The maximum atomic E-state index is 11.7. The van der Waals surface area contributed by atoms with E-state index in [1.54, 1.807) is 0 Å². The van der Waals surface area contributed by atoms with Crippen molar-refractivity contribution in [1.29, 1.82) is 0 Å². The highest BCUT2D eigenvalue weighted by molar-refractivity contribution is 8.00. The molecule has 2 aliphatic rings. The molecule has 0 spiro atoms. The third-order valence-electron chi connectivity index (χ3n) is 3.97. The molecule has 0 radical (unpaired) electrons. The van der Waals surface area contributed by atoms with Gasteiger partial charge in [-0.05, 0) is 17.7 Å². The van der Waals surface area contributed by atoms with Crippen LogP contribution in [-0.4, -0.2) is 42.9 Å². The maximum Gasteiger partial charge on any atom is 0.352 e. The Hall–Kier alpha value is -3.21. The van der Waals surface area contributed by atoms with Crippen LogP contribution in [0.25, 0.3) is 6.08 Å². The molecule has 0 saturated carbocycles. The monoisotopic (exact) mass is 377 g/mol. The summed E-state index contributed by atoms with van der Waals surface area (Å²) in [5.41, 5.74) is -0.569. The van der Waals surface area contributed by atoms with Gasteiger partial charge in [0.1, 0.15) is 5.70 Å². The Labute approximate surface area is 150 Å². The van der Waals surface area contributed by atoms with E-state index in [2.05, 4.69) is 0 Å². The van der Waals surface area contributed by atoms with E-state index >= 15 is 0 Å². The van der Waals surface area contributed by atoms with Gasteiger partial charge in [0, 0.05) is 11.8 Å². The Morgan fingerprint density at radius 3 is 2.58 bits per heavy atom. The molecule has 1 aromatic carbocycles. The Kier molecular flexibility index (Phi) is 4.47. The quantitative estimate of drug-likeness (QED) is 0.467. The number of hydrogen-bond acceptors (Lipinski definition) is 7. The topological polar surface area (TPSA) is 144 Å². The summed E-state index contributed by atoms with van der Waals surface area (Å²) in [5, 5.41) is 31.1. The molecule has 26 heavy (non-hydrogen) atoms. The van der Waals surface area contributed by atoms with Crippen LogP contribution in [-0.2, 0) is 9.59 Å². The van der Waals surface area contributed by atoms with E-state index in [1.807, 2.05) is 0 Å². The number of carboxylic acid groups (broad SMARTS) is 1. The lowest BCUT2D eigenvalue weighted by molar-refractivity contribution is -0.394. The lowest BCUT2D eigenvalue weighted by atomic mass is 10.1. The van der Waals surface area contributed by atoms with Crippen LogP contribution < -0.4 is 0 Å². The molecule has 3 rings (SSSR count). The average molecular weight is 377 g/mol. The summed E-state index contributed by atoms with van der Waals surface area (Å²) in [6.07, 6.45) is 3.00. The fourth-order valence-electron chi connectivity index (χ4n) is 2.70. The Morgan fingerprint density at radius 2 is 2.00 bits per heavy atom. The van der Waals surface area contributed by atoms with Crippen molar-refractivity contribution in [2.24, 2.45) is 0 Å². The van der Waals surface area contributed by atoms with Gasteiger partial charge in [-0.25, -0.2) is 4.79 Å². The number of hydrogen-bond donors (Lipinski definition) is 1. The normalized spacial score (nSPS) is 19.3. The fraction of sp³-hybridized carbons (Fsp3) is 0.200. The summed E-state index contributed by atoms with van der Waals surface area (Å²) in [4.78, 5) is 44.9. The summed E-state index contributed by atoms with van der Waals surface area (Å²) < 4.78 is 0. The van der Waals surface area contributed by atoms with Crippen molar-refractivity contribution < 1.29 is 24.5 Å². The van der Waals surface area contributed by atoms with Crippen LogP contribution in [0.2, 0.25) is 0 Å². The zero-order valence-corrected chi connectivity index (χ0v) is 13.8. The van der Waals surface area contributed by atoms with Crippen molar-refractivity contribution in [2.75, 3.05) is 5.75 Å². The van der Waals surface area contributed by atoms with Crippen LogP contribution in [0.5, 0.6) is 0 Å². The number of β-lactam (4-membered cyclic amide) rings is 1. The number of nitro groups is 2. The molecule has 2 heterocycles. The van der Waals surface area contributed by atoms with E-state index in [1.165, 1.54) is 34.9 Å². The van der Waals surface area contributed by atoms with Crippen LogP contribution in [0.4, 0.5) is 11.4 Å². The standard InChI is InChI=1S/C15H11N3O7S/c19-12-6-13-16(12)14(15(20)21)9(7-26-13)2-1-8-3-4-10(17(22)23)5-11(8)18(24)25/h1-5,13H,6-7H2,(H,20,21)/t13-/m1/s1. The molecule has 0 bridgehead atoms. The van der Waals surface area contributed by atoms with E-state index in [9.17, 15) is 34.9 Å². The van der Waals surface area contributed by atoms with Crippen LogP contribution in [0.15, 0.2) is 35.5 Å². The SMILES string of the molecule is O=C(O)C1=C(C=Cc2ccc([N+](=O)[O-])cc2[N+](=O)[O-])CS[C@@H]2CC(=O)N12. The second-order valence-corrected chi connectivity index (χ2v) is 6.67. The second-order valence-electron chi connectivity index (χ2n) is 5.50. The number of aliphatic carboxylic acids is 1. The predicted molar refractivity (Wildman–Crippen MR) is 91.2 cm³/mol. The summed E-state index contributed by atoms with van der Waals surface area (Å²) in [6, 6.07) is 3.20. The highest BCUT2D eigenvalue weighted by Crippen LogP contribution is 2.40. The third-order valence-corrected chi connectivity index (χ3v) is 5.21. The van der Waals surface area contributed by atoms with E-state index in [4.69, 9.17) is 0 Å². The van der Waals surface area contributed by atoms with Crippen LogP contribution in [0, 0.1) is 20.2 Å². The first-order chi connectivity index (χ1) is 12.3. The minimum Gasteiger partial charge on any atom is -0.477 e. The van der Waals surface area contributed by atoms with Gasteiger partial charge in [0.25, 0.3) is 11.4 Å². The lowest BCUT2D eigenvalue weighted by Gasteiger charge is -2.43. The number of nitro benzene ring substituents is 2. The number of carbonyl (C=O) groups excluding carboxylic acids is 1. The van der Waals surface area contributed by atoms with Crippen molar-refractivity contribution in [3.63, 3.8) is 0 Å². The van der Waals surface area contributed by atoms with Gasteiger partial charge in [0.15, 0.2) is 0 Å². The highest BCUT2D eigenvalue weighted by Gasteiger charge is 2.44. The summed E-state index contributed by atoms with van der Waals surface area (Å²) in [5.74, 6) is -1.19. The number of nitrogens with zero attached hydrogens (tertiary/aromatic N) is 3. The van der Waals surface area contributed by atoms with E-state index in [-0.39, 0.29) is 29.0 Å². The van der Waals surface area contributed by atoms with Crippen molar-refractivity contribution in [3.05, 3.63) is 61.3 Å². The predicted octanol–water partition coefficient (Wildman–Crippen LogP) is 2.16. The maximum absolute atomic E-state index is 11.7. The number of non-ortho nitro benzene ring substituents is 1. The summed E-state index contributed by atoms with van der Waals surface area (Å²) in [6.45, 7) is 0. The van der Waals surface area contributed by atoms with Gasteiger partial charge >= 0.3 is 5.97 Å².